The molecule has 2 aromatic carbocycles. The minimum atomic E-state index is -3.70. The van der Waals surface area contributed by atoms with Gasteiger partial charge in [0.1, 0.15) is 4.90 Å². The van der Waals surface area contributed by atoms with Gasteiger partial charge in [0.05, 0.1) is 11.0 Å². The minimum absolute atomic E-state index is 0.0279. The summed E-state index contributed by atoms with van der Waals surface area (Å²) in [5.74, 6) is 0.220. The predicted octanol–water partition coefficient (Wildman–Crippen LogP) is 3.58. The maximum atomic E-state index is 11.9. The van der Waals surface area contributed by atoms with Crippen molar-refractivity contribution in [2.24, 2.45) is 5.92 Å². The largest absolute Gasteiger partial charge is 0.385 e. The van der Waals surface area contributed by atoms with Crippen LogP contribution in [0.15, 0.2) is 53.4 Å². The second kappa shape index (κ2) is 8.06. The number of sulfone groups is 1. The van der Waals surface area contributed by atoms with Gasteiger partial charge < -0.3 is 10.1 Å². The molecule has 0 amide bonds. The van der Waals surface area contributed by atoms with Gasteiger partial charge in [0, 0.05) is 37.1 Å². The van der Waals surface area contributed by atoms with Gasteiger partial charge in [-0.25, -0.2) is 8.42 Å². The molecule has 2 aromatic rings. The quantitative estimate of drug-likeness (QED) is 0.598. The summed E-state index contributed by atoms with van der Waals surface area (Å²) < 4.78 is 29.8. The Morgan fingerprint density at radius 1 is 1.22 bits per heavy atom. The van der Waals surface area contributed by atoms with E-state index in [-0.39, 0.29) is 16.9 Å². The number of hydrogen-bond donors (Lipinski definition) is 1. The van der Waals surface area contributed by atoms with Crippen molar-refractivity contribution < 1.29 is 18.1 Å². The molecule has 2 atom stereocenters. The molecule has 0 spiro atoms. The molecule has 1 N–H and O–H groups in total. The van der Waals surface area contributed by atoms with Crippen molar-refractivity contribution in [3.05, 3.63) is 64.2 Å². The van der Waals surface area contributed by atoms with Crippen molar-refractivity contribution in [2.45, 2.75) is 23.8 Å². The van der Waals surface area contributed by atoms with E-state index in [9.17, 15) is 18.5 Å². The fourth-order valence-electron chi connectivity index (χ4n) is 3.38. The van der Waals surface area contributed by atoms with Crippen molar-refractivity contribution >= 4 is 21.2 Å². The average Bonchev–Trinajstić information content (AvgIpc) is 2.66. The molecule has 1 aliphatic rings. The van der Waals surface area contributed by atoms with Gasteiger partial charge in [-0.2, -0.15) is 0 Å². The number of nitrogens with zero attached hydrogens (tertiary/aromatic N) is 1. The molecule has 1 aliphatic heterocycles. The second-order valence-corrected chi connectivity index (χ2v) is 8.68. The second-order valence-electron chi connectivity index (χ2n) is 6.70. The van der Waals surface area contributed by atoms with Crippen molar-refractivity contribution in [3.8, 4) is 0 Å². The first kappa shape index (κ1) is 19.3. The maximum absolute atomic E-state index is 11.9. The summed E-state index contributed by atoms with van der Waals surface area (Å²) in [6.07, 6.45) is 2.89. The Labute approximate surface area is 158 Å². The lowest BCUT2D eigenvalue weighted by Gasteiger charge is -2.32. The lowest BCUT2D eigenvalue weighted by molar-refractivity contribution is -0.387. The zero-order valence-corrected chi connectivity index (χ0v) is 15.8. The molecule has 0 bridgehead atoms. The molecule has 2 unspecified atom stereocenters. The number of rotatable bonds is 6. The SMILES string of the molecule is CS(=O)(=O)c1cc(NCC2CCCOC2c2ccccc2)ccc1[N+](=O)[O-]. The number of nitro groups is 1. The van der Waals surface area contributed by atoms with Crippen LogP contribution in [0.4, 0.5) is 11.4 Å². The number of ether oxygens (including phenoxy) is 1. The lowest BCUT2D eigenvalue weighted by Crippen LogP contribution is -2.28. The van der Waals surface area contributed by atoms with E-state index < -0.39 is 20.4 Å². The van der Waals surface area contributed by atoms with E-state index >= 15 is 0 Å². The van der Waals surface area contributed by atoms with Gasteiger partial charge in [-0.1, -0.05) is 30.3 Å². The zero-order chi connectivity index (χ0) is 19.4. The lowest BCUT2D eigenvalue weighted by atomic mass is 9.89. The molecule has 0 saturated carbocycles. The first-order chi connectivity index (χ1) is 12.9. The number of benzene rings is 2. The predicted molar refractivity (Wildman–Crippen MR) is 103 cm³/mol. The summed E-state index contributed by atoms with van der Waals surface area (Å²) in [4.78, 5) is 10.1. The third kappa shape index (κ3) is 4.64. The van der Waals surface area contributed by atoms with Gasteiger partial charge in [-0.3, -0.25) is 10.1 Å². The van der Waals surface area contributed by atoms with E-state index in [1.807, 2.05) is 30.3 Å². The highest BCUT2D eigenvalue weighted by Gasteiger charge is 2.28. The highest BCUT2D eigenvalue weighted by Crippen LogP contribution is 2.34. The highest BCUT2D eigenvalue weighted by atomic mass is 32.2. The summed E-state index contributed by atoms with van der Waals surface area (Å²) >= 11 is 0. The van der Waals surface area contributed by atoms with Crippen LogP contribution in [0.3, 0.4) is 0 Å². The van der Waals surface area contributed by atoms with Crippen molar-refractivity contribution in [1.82, 2.24) is 0 Å². The van der Waals surface area contributed by atoms with Crippen LogP contribution < -0.4 is 5.32 Å². The smallest absolute Gasteiger partial charge is 0.288 e. The fourth-order valence-corrected chi connectivity index (χ4v) is 4.25. The standard InChI is InChI=1S/C19H22N2O5S/c1-27(24,25)18-12-16(9-10-17(18)21(22)23)20-13-15-8-5-11-26-19(15)14-6-3-2-4-7-14/h2-4,6-7,9-10,12,15,19-20H,5,8,11,13H2,1H3. The number of nitrogens with one attached hydrogen (secondary N) is 1. The molecule has 3 rings (SSSR count). The summed E-state index contributed by atoms with van der Waals surface area (Å²) in [7, 11) is -3.70. The monoisotopic (exact) mass is 390 g/mol. The molecule has 7 nitrogen and oxygen atoms in total. The number of hydrogen-bond acceptors (Lipinski definition) is 6. The van der Waals surface area contributed by atoms with Crippen molar-refractivity contribution in [3.63, 3.8) is 0 Å². The molecular weight excluding hydrogens is 368 g/mol. The average molecular weight is 390 g/mol. The van der Waals surface area contributed by atoms with Crippen LogP contribution in [0.25, 0.3) is 0 Å². The van der Waals surface area contributed by atoms with Crippen LogP contribution in [0.5, 0.6) is 0 Å². The van der Waals surface area contributed by atoms with Gasteiger partial charge >= 0.3 is 0 Å². The minimum Gasteiger partial charge on any atom is -0.385 e. The maximum Gasteiger partial charge on any atom is 0.288 e. The van der Waals surface area contributed by atoms with E-state index in [1.54, 1.807) is 0 Å². The van der Waals surface area contributed by atoms with Crippen LogP contribution in [0, 0.1) is 16.0 Å². The normalized spacial score (nSPS) is 20.2. The van der Waals surface area contributed by atoms with Crippen molar-refractivity contribution in [2.75, 3.05) is 24.7 Å². The molecule has 0 radical (unpaired) electrons. The molecule has 27 heavy (non-hydrogen) atoms. The number of nitro benzene ring substituents is 1. The van der Waals surface area contributed by atoms with E-state index in [0.717, 1.165) is 24.7 Å². The van der Waals surface area contributed by atoms with Crippen LogP contribution in [-0.4, -0.2) is 32.7 Å². The highest BCUT2D eigenvalue weighted by molar-refractivity contribution is 7.90. The Morgan fingerprint density at radius 2 is 1.96 bits per heavy atom. The summed E-state index contributed by atoms with van der Waals surface area (Å²) in [5, 5.41) is 14.3. The van der Waals surface area contributed by atoms with E-state index in [2.05, 4.69) is 5.32 Å². The van der Waals surface area contributed by atoms with Gasteiger partial charge in [0.15, 0.2) is 9.84 Å². The molecule has 1 saturated heterocycles. The van der Waals surface area contributed by atoms with Crippen LogP contribution in [-0.2, 0) is 14.6 Å². The third-order valence-electron chi connectivity index (χ3n) is 4.70. The fraction of sp³-hybridized carbons (Fsp3) is 0.368. The van der Waals surface area contributed by atoms with Crippen LogP contribution >= 0.6 is 0 Å². The third-order valence-corrected chi connectivity index (χ3v) is 5.82. The first-order valence-corrected chi connectivity index (χ1v) is 10.6. The molecule has 0 aromatic heterocycles. The van der Waals surface area contributed by atoms with Crippen molar-refractivity contribution in [1.29, 1.82) is 0 Å². The summed E-state index contributed by atoms with van der Waals surface area (Å²) in [5.41, 5.74) is 1.24. The Morgan fingerprint density at radius 3 is 2.63 bits per heavy atom. The van der Waals surface area contributed by atoms with Gasteiger partial charge in [-0.05, 0) is 30.5 Å². The van der Waals surface area contributed by atoms with Gasteiger partial charge in [-0.15, -0.1) is 0 Å². The van der Waals surface area contributed by atoms with E-state index in [0.29, 0.717) is 18.8 Å². The first-order valence-electron chi connectivity index (χ1n) is 8.75. The summed E-state index contributed by atoms with van der Waals surface area (Å²) in [6.45, 7) is 1.30. The molecule has 144 valence electrons. The van der Waals surface area contributed by atoms with E-state index in [1.165, 1.54) is 18.2 Å². The Kier molecular flexibility index (Phi) is 5.76. The topological polar surface area (TPSA) is 98.5 Å². The molecule has 0 aliphatic carbocycles. The molecule has 8 heteroatoms. The molecule has 1 fully saturated rings. The molecular formula is C19H22N2O5S. The summed E-state index contributed by atoms with van der Waals surface area (Å²) in [6, 6.07) is 14.1. The zero-order valence-electron chi connectivity index (χ0n) is 15.0. The Bertz CT molecular complexity index is 915. The van der Waals surface area contributed by atoms with E-state index in [4.69, 9.17) is 4.74 Å². The van der Waals surface area contributed by atoms with Gasteiger partial charge in [0.2, 0.25) is 0 Å². The van der Waals surface area contributed by atoms with Crippen LogP contribution in [0.2, 0.25) is 0 Å². The van der Waals surface area contributed by atoms with Crippen LogP contribution in [0.1, 0.15) is 24.5 Å². The Balaban J connectivity index is 1.78. The van der Waals surface area contributed by atoms with Gasteiger partial charge in [0.25, 0.3) is 5.69 Å². The molecule has 1 heterocycles. The number of anilines is 1. The Hall–Kier alpha value is -2.45.